The van der Waals surface area contributed by atoms with E-state index in [1.807, 2.05) is 0 Å². The Labute approximate surface area is 173 Å². The molecule has 1 aromatic rings. The summed E-state index contributed by atoms with van der Waals surface area (Å²) in [6, 6.07) is 4.43. The first kappa shape index (κ1) is 22.0. The summed E-state index contributed by atoms with van der Waals surface area (Å²) in [5, 5.41) is 2.90. The molecule has 162 valence electrons. The molecule has 2 heterocycles. The summed E-state index contributed by atoms with van der Waals surface area (Å²) in [5.41, 5.74) is 0.236. The van der Waals surface area contributed by atoms with Crippen molar-refractivity contribution in [1.29, 1.82) is 0 Å². The number of benzene rings is 1. The predicted octanol–water partition coefficient (Wildman–Crippen LogP) is 1.32. The number of methoxy groups -OCH3 is 1. The normalized spacial score (nSPS) is 19.1. The Hall–Kier alpha value is -1.68. The second-order valence-electron chi connectivity index (χ2n) is 7.39. The lowest BCUT2D eigenvalue weighted by atomic mass is 10.1. The Balaban J connectivity index is 1.63. The number of piperidine rings is 1. The van der Waals surface area contributed by atoms with Gasteiger partial charge < -0.3 is 19.7 Å². The van der Waals surface area contributed by atoms with Gasteiger partial charge in [0.25, 0.3) is 5.91 Å². The highest BCUT2D eigenvalue weighted by molar-refractivity contribution is 7.89. The Kier molecular flexibility index (Phi) is 7.88. The van der Waals surface area contributed by atoms with Gasteiger partial charge in [0, 0.05) is 19.6 Å². The van der Waals surface area contributed by atoms with Crippen LogP contribution in [0.2, 0.25) is 0 Å². The molecule has 2 aliphatic heterocycles. The first-order chi connectivity index (χ1) is 14.0. The topological polar surface area (TPSA) is 88.2 Å². The maximum Gasteiger partial charge on any atom is 0.255 e. The monoisotopic (exact) mass is 425 g/mol. The van der Waals surface area contributed by atoms with Crippen LogP contribution in [0.4, 0.5) is 0 Å². The minimum absolute atomic E-state index is 0.0960. The van der Waals surface area contributed by atoms with Crippen LogP contribution >= 0.6 is 0 Å². The number of morpholine rings is 1. The van der Waals surface area contributed by atoms with Gasteiger partial charge in [-0.15, -0.1) is 0 Å². The number of carbonyl (C=O) groups is 1. The molecule has 1 N–H and O–H groups in total. The minimum Gasteiger partial charge on any atom is -0.496 e. The molecule has 0 spiro atoms. The zero-order valence-electron chi connectivity index (χ0n) is 17.1. The van der Waals surface area contributed by atoms with Crippen LogP contribution < -0.4 is 10.1 Å². The quantitative estimate of drug-likeness (QED) is 0.632. The van der Waals surface area contributed by atoms with Crippen LogP contribution in [0, 0.1) is 0 Å². The number of sulfonamides is 1. The first-order valence-corrected chi connectivity index (χ1v) is 11.7. The molecule has 8 nitrogen and oxygen atoms in total. The Morgan fingerprint density at radius 1 is 1.14 bits per heavy atom. The van der Waals surface area contributed by atoms with E-state index in [9.17, 15) is 13.2 Å². The molecule has 1 aromatic carbocycles. The summed E-state index contributed by atoms with van der Waals surface area (Å²) < 4.78 is 37.7. The summed E-state index contributed by atoms with van der Waals surface area (Å²) >= 11 is 0. The van der Waals surface area contributed by atoms with Crippen molar-refractivity contribution >= 4 is 15.9 Å². The summed E-state index contributed by atoms with van der Waals surface area (Å²) in [4.78, 5) is 15.2. The van der Waals surface area contributed by atoms with E-state index < -0.39 is 10.0 Å². The summed E-state index contributed by atoms with van der Waals surface area (Å²) in [6.07, 6.45) is 4.65. The molecule has 0 unspecified atom stereocenters. The van der Waals surface area contributed by atoms with Crippen LogP contribution in [-0.4, -0.2) is 83.1 Å². The van der Waals surface area contributed by atoms with Crippen LogP contribution in [0.3, 0.4) is 0 Å². The third kappa shape index (κ3) is 5.69. The van der Waals surface area contributed by atoms with Crippen molar-refractivity contribution in [3.05, 3.63) is 23.8 Å². The van der Waals surface area contributed by atoms with Crippen LogP contribution in [0.5, 0.6) is 5.75 Å². The molecule has 29 heavy (non-hydrogen) atoms. The van der Waals surface area contributed by atoms with Crippen LogP contribution in [0.25, 0.3) is 0 Å². The minimum atomic E-state index is -3.67. The number of hydrogen-bond acceptors (Lipinski definition) is 6. The number of ether oxygens (including phenoxy) is 2. The zero-order chi connectivity index (χ0) is 20.7. The first-order valence-electron chi connectivity index (χ1n) is 10.3. The second kappa shape index (κ2) is 10.4. The molecule has 2 fully saturated rings. The molecule has 0 radical (unpaired) electrons. The number of nitrogens with one attached hydrogen (secondary N) is 1. The number of nitrogens with zero attached hydrogens (tertiary/aromatic N) is 2. The fourth-order valence-corrected chi connectivity index (χ4v) is 5.18. The van der Waals surface area contributed by atoms with E-state index in [-0.39, 0.29) is 16.4 Å². The average Bonchev–Trinajstić information content (AvgIpc) is 2.77. The van der Waals surface area contributed by atoms with Gasteiger partial charge in [0.1, 0.15) is 5.75 Å². The van der Waals surface area contributed by atoms with Gasteiger partial charge in [0.15, 0.2) is 0 Å². The van der Waals surface area contributed by atoms with Gasteiger partial charge >= 0.3 is 0 Å². The van der Waals surface area contributed by atoms with Gasteiger partial charge in [-0.25, -0.2) is 8.42 Å². The SMILES string of the molecule is COc1ccc(S(=O)(=O)N2CCOCC2)cc1C(=O)NCCCN1CCCCC1. The van der Waals surface area contributed by atoms with Gasteiger partial charge in [-0.05, 0) is 57.1 Å². The van der Waals surface area contributed by atoms with Gasteiger partial charge in [-0.3, -0.25) is 4.79 Å². The van der Waals surface area contributed by atoms with Crippen LogP contribution in [0.1, 0.15) is 36.0 Å². The number of rotatable bonds is 8. The van der Waals surface area contributed by atoms with Crippen molar-refractivity contribution in [2.75, 3.05) is 59.6 Å². The van der Waals surface area contributed by atoms with Gasteiger partial charge in [-0.1, -0.05) is 6.42 Å². The standard InChI is InChI=1S/C20H31N3O5S/c1-27-19-7-6-17(29(25,26)23-12-14-28-15-13-23)16-18(19)20(24)21-8-5-11-22-9-3-2-4-10-22/h6-7,16H,2-5,8-15H2,1H3,(H,21,24). The van der Waals surface area contributed by atoms with Crippen molar-refractivity contribution in [3.8, 4) is 5.75 Å². The molecular formula is C20H31N3O5S. The lowest BCUT2D eigenvalue weighted by Crippen LogP contribution is -2.40. The van der Waals surface area contributed by atoms with E-state index >= 15 is 0 Å². The van der Waals surface area contributed by atoms with Crippen LogP contribution in [0.15, 0.2) is 23.1 Å². The van der Waals surface area contributed by atoms with Gasteiger partial charge in [0.2, 0.25) is 10.0 Å². The predicted molar refractivity (Wildman–Crippen MR) is 110 cm³/mol. The summed E-state index contributed by atoms with van der Waals surface area (Å²) in [5.74, 6) is 0.0407. The van der Waals surface area contributed by atoms with Crippen LogP contribution in [-0.2, 0) is 14.8 Å². The van der Waals surface area contributed by atoms with E-state index in [1.165, 1.54) is 48.9 Å². The molecular weight excluding hydrogens is 394 g/mol. The fraction of sp³-hybridized carbons (Fsp3) is 0.650. The molecule has 0 aliphatic carbocycles. The number of likely N-dealkylation sites (tertiary alicyclic amines) is 1. The number of carbonyl (C=O) groups excluding carboxylic acids is 1. The maximum atomic E-state index is 12.9. The largest absolute Gasteiger partial charge is 0.496 e. The molecule has 0 aromatic heterocycles. The molecule has 0 bridgehead atoms. The molecule has 0 atom stereocenters. The molecule has 0 saturated carbocycles. The molecule has 3 rings (SSSR count). The molecule has 2 saturated heterocycles. The van der Waals surface area contributed by atoms with E-state index in [0.29, 0.717) is 38.6 Å². The van der Waals surface area contributed by atoms with Gasteiger partial charge in [-0.2, -0.15) is 4.31 Å². The Morgan fingerprint density at radius 2 is 1.86 bits per heavy atom. The third-order valence-electron chi connectivity index (χ3n) is 5.41. The van der Waals surface area contributed by atoms with Gasteiger partial charge in [0.05, 0.1) is 30.8 Å². The van der Waals surface area contributed by atoms with Crippen molar-refractivity contribution in [2.45, 2.75) is 30.6 Å². The highest BCUT2D eigenvalue weighted by Gasteiger charge is 2.28. The molecule has 9 heteroatoms. The average molecular weight is 426 g/mol. The Morgan fingerprint density at radius 3 is 2.55 bits per heavy atom. The van der Waals surface area contributed by atoms with E-state index in [2.05, 4.69) is 10.2 Å². The Bertz CT molecular complexity index is 787. The summed E-state index contributed by atoms with van der Waals surface area (Å²) in [6.45, 7) is 5.13. The highest BCUT2D eigenvalue weighted by Crippen LogP contribution is 2.25. The zero-order valence-corrected chi connectivity index (χ0v) is 17.9. The summed E-state index contributed by atoms with van der Waals surface area (Å²) in [7, 11) is -2.20. The number of amides is 1. The fourth-order valence-electron chi connectivity index (χ4n) is 3.74. The van der Waals surface area contributed by atoms with Crippen molar-refractivity contribution < 1.29 is 22.7 Å². The maximum absolute atomic E-state index is 12.9. The number of hydrogen-bond donors (Lipinski definition) is 1. The van der Waals surface area contributed by atoms with Crippen molar-refractivity contribution in [2.24, 2.45) is 0 Å². The second-order valence-corrected chi connectivity index (χ2v) is 9.33. The molecule has 1 amide bonds. The molecule has 2 aliphatic rings. The van der Waals surface area contributed by atoms with E-state index in [0.717, 1.165) is 26.1 Å². The lowest BCUT2D eigenvalue weighted by Gasteiger charge is -2.26. The van der Waals surface area contributed by atoms with Crippen molar-refractivity contribution in [3.63, 3.8) is 0 Å². The van der Waals surface area contributed by atoms with E-state index in [1.54, 1.807) is 0 Å². The highest BCUT2D eigenvalue weighted by atomic mass is 32.2. The lowest BCUT2D eigenvalue weighted by molar-refractivity contribution is 0.0730. The van der Waals surface area contributed by atoms with Crippen molar-refractivity contribution in [1.82, 2.24) is 14.5 Å². The third-order valence-corrected chi connectivity index (χ3v) is 7.30. The smallest absolute Gasteiger partial charge is 0.255 e. The van der Waals surface area contributed by atoms with E-state index in [4.69, 9.17) is 9.47 Å².